The topological polar surface area (TPSA) is 32.3 Å². The summed E-state index contributed by atoms with van der Waals surface area (Å²) in [6, 6.07) is 3.22. The summed E-state index contributed by atoms with van der Waals surface area (Å²) < 4.78 is 38.9. The number of hydrogen-bond acceptors (Lipinski definition) is 2. The van der Waals surface area contributed by atoms with Gasteiger partial charge in [0.25, 0.3) is 5.91 Å². The minimum absolute atomic E-state index is 0.256. The van der Waals surface area contributed by atoms with Gasteiger partial charge in [-0.2, -0.15) is 13.2 Å². The van der Waals surface area contributed by atoms with Gasteiger partial charge in [-0.25, -0.2) is 10.4 Å². The molecule has 110 valence electrons. The number of benzene rings is 1. The van der Waals surface area contributed by atoms with E-state index in [-0.39, 0.29) is 5.02 Å². The van der Waals surface area contributed by atoms with Crippen molar-refractivity contribution in [2.75, 3.05) is 7.05 Å². The third-order valence-corrected chi connectivity index (χ3v) is 3.00. The maximum Gasteiger partial charge on any atom is 0.417 e. The first kappa shape index (κ1) is 16.5. The Morgan fingerprint density at radius 3 is 2.50 bits per heavy atom. The molecule has 0 heterocycles. The van der Waals surface area contributed by atoms with Crippen LogP contribution in [0.1, 0.15) is 29.3 Å². The minimum atomic E-state index is -4.66. The lowest BCUT2D eigenvalue weighted by molar-refractivity contribution is -0.138. The molecular weight excluding hydrogens is 293 g/mol. The number of halogens is 4. The van der Waals surface area contributed by atoms with Crippen LogP contribution in [0.3, 0.4) is 0 Å². The smallest absolute Gasteiger partial charge is 0.267 e. The van der Waals surface area contributed by atoms with E-state index in [4.69, 9.17) is 11.6 Å². The number of nitrogens with one attached hydrogen (secondary N) is 1. The third kappa shape index (κ3) is 3.32. The maximum absolute atomic E-state index is 13.0. The standard InChI is InChI=1S/C13H14ClF3N2O/c1-4-8(2)19(18-3)12(20)11-9(13(15,16)17)6-5-7-10(11)14/h5-7,18H,2,4H2,1,3H3. The first-order valence-corrected chi connectivity index (χ1v) is 6.17. The Bertz CT molecular complexity index is 529. The van der Waals surface area contributed by atoms with Crippen molar-refractivity contribution in [2.45, 2.75) is 19.5 Å². The van der Waals surface area contributed by atoms with Gasteiger partial charge in [0.05, 0.1) is 16.1 Å². The molecule has 0 saturated carbocycles. The molecule has 0 saturated heterocycles. The van der Waals surface area contributed by atoms with E-state index >= 15 is 0 Å². The summed E-state index contributed by atoms with van der Waals surface area (Å²) in [4.78, 5) is 12.3. The molecule has 1 amide bonds. The molecule has 0 spiro atoms. The Morgan fingerprint density at radius 2 is 2.05 bits per heavy atom. The monoisotopic (exact) mass is 306 g/mol. The molecule has 20 heavy (non-hydrogen) atoms. The zero-order valence-electron chi connectivity index (χ0n) is 11.0. The predicted molar refractivity (Wildman–Crippen MR) is 71.1 cm³/mol. The molecule has 0 aliphatic rings. The summed E-state index contributed by atoms with van der Waals surface area (Å²) >= 11 is 5.77. The summed E-state index contributed by atoms with van der Waals surface area (Å²) in [5.41, 5.74) is 1.19. The van der Waals surface area contributed by atoms with Crippen LogP contribution in [0.25, 0.3) is 0 Å². The molecular formula is C13H14ClF3N2O. The first-order chi connectivity index (χ1) is 9.23. The molecule has 1 rings (SSSR count). The second kappa shape index (κ2) is 6.28. The number of amides is 1. The molecule has 3 nitrogen and oxygen atoms in total. The van der Waals surface area contributed by atoms with Gasteiger partial charge in [0, 0.05) is 12.7 Å². The zero-order valence-corrected chi connectivity index (χ0v) is 11.8. The fourth-order valence-electron chi connectivity index (χ4n) is 1.65. The van der Waals surface area contributed by atoms with E-state index in [1.807, 2.05) is 0 Å². The fourth-order valence-corrected chi connectivity index (χ4v) is 1.91. The Hall–Kier alpha value is -1.53. The molecule has 0 bridgehead atoms. The molecule has 1 N–H and O–H groups in total. The van der Waals surface area contributed by atoms with Crippen LogP contribution in [-0.4, -0.2) is 18.0 Å². The Kier molecular flexibility index (Phi) is 5.19. The van der Waals surface area contributed by atoms with Crippen LogP contribution in [0.2, 0.25) is 5.02 Å². The molecule has 0 aliphatic carbocycles. The van der Waals surface area contributed by atoms with E-state index in [9.17, 15) is 18.0 Å². The highest BCUT2D eigenvalue weighted by molar-refractivity contribution is 6.34. The van der Waals surface area contributed by atoms with Crippen molar-refractivity contribution in [1.82, 2.24) is 10.4 Å². The molecule has 0 atom stereocenters. The van der Waals surface area contributed by atoms with Gasteiger partial charge >= 0.3 is 6.18 Å². The lowest BCUT2D eigenvalue weighted by atomic mass is 10.1. The number of nitrogens with zero attached hydrogens (tertiary/aromatic N) is 1. The van der Waals surface area contributed by atoms with Crippen molar-refractivity contribution >= 4 is 17.5 Å². The zero-order chi connectivity index (χ0) is 15.5. The molecule has 7 heteroatoms. The number of carbonyl (C=O) groups excluding carboxylic acids is 1. The van der Waals surface area contributed by atoms with Crippen LogP contribution >= 0.6 is 11.6 Å². The molecule has 0 unspecified atom stereocenters. The lowest BCUT2D eigenvalue weighted by Crippen LogP contribution is -2.40. The summed E-state index contributed by atoms with van der Waals surface area (Å²) in [5.74, 6) is -0.891. The molecule has 0 aromatic heterocycles. The molecule has 1 aromatic carbocycles. The van der Waals surface area contributed by atoms with E-state index in [0.29, 0.717) is 12.1 Å². The SMILES string of the molecule is C=C(CC)N(NC)C(=O)c1c(Cl)cccc1C(F)(F)F. The highest BCUT2D eigenvalue weighted by Crippen LogP contribution is 2.35. The van der Waals surface area contributed by atoms with Gasteiger partial charge in [-0.05, 0) is 18.6 Å². The Labute approximate surface area is 120 Å². The first-order valence-electron chi connectivity index (χ1n) is 5.79. The van der Waals surface area contributed by atoms with Gasteiger partial charge in [-0.15, -0.1) is 0 Å². The number of hydrogen-bond donors (Lipinski definition) is 1. The van der Waals surface area contributed by atoms with Crippen LogP contribution in [-0.2, 0) is 6.18 Å². The number of hydrazine groups is 1. The van der Waals surface area contributed by atoms with Crippen LogP contribution in [0.15, 0.2) is 30.5 Å². The van der Waals surface area contributed by atoms with Gasteiger partial charge in [0.2, 0.25) is 0 Å². The predicted octanol–water partition coefficient (Wildman–Crippen LogP) is 3.86. The van der Waals surface area contributed by atoms with E-state index in [1.54, 1.807) is 6.92 Å². The number of carbonyl (C=O) groups is 1. The Morgan fingerprint density at radius 1 is 1.45 bits per heavy atom. The second-order valence-corrected chi connectivity index (χ2v) is 4.35. The average Bonchev–Trinajstić information content (AvgIpc) is 2.37. The van der Waals surface area contributed by atoms with Crippen LogP contribution in [0.5, 0.6) is 0 Å². The van der Waals surface area contributed by atoms with Crippen molar-refractivity contribution in [1.29, 1.82) is 0 Å². The second-order valence-electron chi connectivity index (χ2n) is 3.94. The molecule has 0 radical (unpaired) electrons. The summed E-state index contributed by atoms with van der Waals surface area (Å²) in [6.07, 6.45) is -4.26. The summed E-state index contributed by atoms with van der Waals surface area (Å²) in [5, 5.41) is 0.699. The number of allylic oxidation sites excluding steroid dienone is 1. The van der Waals surface area contributed by atoms with Crippen molar-refractivity contribution in [3.8, 4) is 0 Å². The molecule has 0 fully saturated rings. The van der Waals surface area contributed by atoms with Gasteiger partial charge in [0.15, 0.2) is 0 Å². The lowest BCUT2D eigenvalue weighted by Gasteiger charge is -2.24. The normalized spacial score (nSPS) is 11.3. The van der Waals surface area contributed by atoms with Crippen LogP contribution in [0, 0.1) is 0 Å². The third-order valence-electron chi connectivity index (χ3n) is 2.68. The Balaban J connectivity index is 3.38. The van der Waals surface area contributed by atoms with Crippen molar-refractivity contribution < 1.29 is 18.0 Å². The fraction of sp³-hybridized carbons (Fsp3) is 0.308. The number of rotatable bonds is 4. The quantitative estimate of drug-likeness (QED) is 0.857. The highest BCUT2D eigenvalue weighted by Gasteiger charge is 2.37. The van der Waals surface area contributed by atoms with Crippen molar-refractivity contribution in [3.05, 3.63) is 46.6 Å². The van der Waals surface area contributed by atoms with Crippen molar-refractivity contribution in [2.24, 2.45) is 0 Å². The van der Waals surface area contributed by atoms with E-state index in [2.05, 4.69) is 12.0 Å². The largest absolute Gasteiger partial charge is 0.417 e. The summed E-state index contributed by atoms with van der Waals surface area (Å²) in [7, 11) is 1.42. The minimum Gasteiger partial charge on any atom is -0.267 e. The highest BCUT2D eigenvalue weighted by atomic mass is 35.5. The van der Waals surface area contributed by atoms with Crippen molar-refractivity contribution in [3.63, 3.8) is 0 Å². The van der Waals surface area contributed by atoms with Crippen LogP contribution < -0.4 is 5.43 Å². The van der Waals surface area contributed by atoms with E-state index in [0.717, 1.165) is 17.1 Å². The van der Waals surface area contributed by atoms with E-state index in [1.165, 1.54) is 13.1 Å². The van der Waals surface area contributed by atoms with Gasteiger partial charge < -0.3 is 0 Å². The van der Waals surface area contributed by atoms with Gasteiger partial charge in [-0.3, -0.25) is 4.79 Å². The maximum atomic E-state index is 13.0. The summed E-state index contributed by atoms with van der Waals surface area (Å²) in [6.45, 7) is 5.36. The van der Waals surface area contributed by atoms with Crippen LogP contribution in [0.4, 0.5) is 13.2 Å². The molecule has 0 aliphatic heterocycles. The van der Waals surface area contributed by atoms with Gasteiger partial charge in [0.1, 0.15) is 0 Å². The van der Waals surface area contributed by atoms with E-state index < -0.39 is 23.2 Å². The van der Waals surface area contributed by atoms with Gasteiger partial charge in [-0.1, -0.05) is 31.2 Å². The number of alkyl halides is 3. The molecule has 1 aromatic rings. The average molecular weight is 307 g/mol.